The third kappa shape index (κ3) is 4.37. The van der Waals surface area contributed by atoms with Gasteiger partial charge in [0.1, 0.15) is 28.8 Å². The maximum Gasteiger partial charge on any atom is 0.225 e. The second-order valence-electron chi connectivity index (χ2n) is 8.42. The number of nitrogens with zero attached hydrogens (tertiary/aromatic N) is 4. The predicted octanol–water partition coefficient (Wildman–Crippen LogP) is 2.22. The van der Waals surface area contributed by atoms with Crippen molar-refractivity contribution in [1.82, 2.24) is 19.2 Å². The summed E-state index contributed by atoms with van der Waals surface area (Å²) in [4.78, 5) is 24.5. The van der Waals surface area contributed by atoms with Crippen molar-refractivity contribution in [2.24, 2.45) is 0 Å². The zero-order chi connectivity index (χ0) is 21.5. The largest absolute Gasteiger partial charge is 0.474 e. The van der Waals surface area contributed by atoms with Crippen molar-refractivity contribution < 1.29 is 17.9 Å². The Morgan fingerprint density at radius 1 is 1.27 bits per heavy atom. The van der Waals surface area contributed by atoms with E-state index in [0.717, 1.165) is 46.3 Å². The molecular weight excluding hydrogens is 424 g/mol. The monoisotopic (exact) mass is 452 g/mol. The molecule has 4 rings (SSSR count). The molecule has 10 heteroatoms. The first-order chi connectivity index (χ1) is 14.2. The van der Waals surface area contributed by atoms with Crippen LogP contribution in [0.4, 0.5) is 0 Å². The van der Waals surface area contributed by atoms with Gasteiger partial charge in [0.2, 0.25) is 15.9 Å². The lowest BCUT2D eigenvalue weighted by atomic mass is 9.92. The predicted molar refractivity (Wildman–Crippen MR) is 116 cm³/mol. The molecule has 30 heavy (non-hydrogen) atoms. The molecule has 0 amide bonds. The van der Waals surface area contributed by atoms with Crippen molar-refractivity contribution in [3.8, 4) is 5.88 Å². The highest BCUT2D eigenvalue weighted by molar-refractivity contribution is 7.89. The molecule has 8 nitrogen and oxygen atoms in total. The van der Waals surface area contributed by atoms with Crippen LogP contribution in [0.2, 0.25) is 0 Å². The highest BCUT2D eigenvalue weighted by Crippen LogP contribution is 2.39. The van der Waals surface area contributed by atoms with E-state index in [1.807, 2.05) is 0 Å². The molecule has 0 N–H and O–H groups in total. The topological polar surface area (TPSA) is 92.7 Å². The average Bonchev–Trinajstić information content (AvgIpc) is 3.06. The van der Waals surface area contributed by atoms with E-state index < -0.39 is 15.8 Å². The first-order valence-corrected chi connectivity index (χ1v) is 12.7. The van der Waals surface area contributed by atoms with Gasteiger partial charge in [0.15, 0.2) is 0 Å². The molecule has 1 saturated carbocycles. The highest BCUT2D eigenvalue weighted by Gasteiger charge is 2.32. The van der Waals surface area contributed by atoms with Crippen molar-refractivity contribution in [3.63, 3.8) is 0 Å². The highest BCUT2D eigenvalue weighted by atomic mass is 32.2. The Kier molecular flexibility index (Phi) is 6.11. The van der Waals surface area contributed by atoms with Gasteiger partial charge in [-0.3, -0.25) is 4.79 Å². The van der Waals surface area contributed by atoms with Gasteiger partial charge in [-0.15, -0.1) is 11.3 Å². The Hall–Kier alpha value is -1.62. The zero-order valence-corrected chi connectivity index (χ0v) is 19.3. The number of thiophene rings is 1. The fourth-order valence-electron chi connectivity index (χ4n) is 4.37. The van der Waals surface area contributed by atoms with Crippen LogP contribution in [0.1, 0.15) is 43.0 Å². The molecule has 1 aliphatic heterocycles. The maximum absolute atomic E-state index is 12.6. The SMILES string of the molecule is CC(=O)CS(=O)(=O)N1CCc2sc3ncnc(O[C@H]4CC[C@H](N(C)C)CC4)c3c2C1. The summed E-state index contributed by atoms with van der Waals surface area (Å²) >= 11 is 1.58. The molecule has 2 aromatic rings. The Morgan fingerprint density at radius 3 is 2.67 bits per heavy atom. The Balaban J connectivity index is 1.59. The van der Waals surface area contributed by atoms with E-state index in [-0.39, 0.29) is 18.4 Å². The number of aromatic nitrogens is 2. The first kappa shape index (κ1) is 21.6. The van der Waals surface area contributed by atoms with Crippen LogP contribution in [0.25, 0.3) is 10.2 Å². The van der Waals surface area contributed by atoms with Crippen LogP contribution < -0.4 is 4.74 Å². The van der Waals surface area contributed by atoms with Crippen molar-refractivity contribution in [3.05, 3.63) is 16.8 Å². The molecule has 2 aliphatic rings. The van der Waals surface area contributed by atoms with Crippen LogP contribution in [0.3, 0.4) is 0 Å². The maximum atomic E-state index is 12.6. The van der Waals surface area contributed by atoms with E-state index in [2.05, 4.69) is 29.0 Å². The van der Waals surface area contributed by atoms with Crippen LogP contribution in [0, 0.1) is 0 Å². The van der Waals surface area contributed by atoms with Gasteiger partial charge in [-0.25, -0.2) is 18.4 Å². The third-order valence-electron chi connectivity index (χ3n) is 5.99. The van der Waals surface area contributed by atoms with Gasteiger partial charge in [-0.1, -0.05) is 0 Å². The third-order valence-corrected chi connectivity index (χ3v) is 9.06. The number of ketones is 1. The Morgan fingerprint density at radius 2 is 2.00 bits per heavy atom. The second kappa shape index (κ2) is 8.49. The van der Waals surface area contributed by atoms with Gasteiger partial charge in [-0.2, -0.15) is 4.31 Å². The number of fused-ring (bicyclic) bond motifs is 3. The van der Waals surface area contributed by atoms with Crippen LogP contribution in [0.15, 0.2) is 6.33 Å². The zero-order valence-electron chi connectivity index (χ0n) is 17.6. The fraction of sp³-hybridized carbons (Fsp3) is 0.650. The van der Waals surface area contributed by atoms with Crippen LogP contribution in [0.5, 0.6) is 5.88 Å². The number of Topliss-reactive ketones (excluding diaryl/α,β-unsaturated/α-hetero) is 1. The average molecular weight is 453 g/mol. The summed E-state index contributed by atoms with van der Waals surface area (Å²) in [5, 5.41) is 0.829. The minimum atomic E-state index is -3.62. The summed E-state index contributed by atoms with van der Waals surface area (Å²) in [5.41, 5.74) is 0.922. The number of rotatable bonds is 6. The molecule has 3 heterocycles. The number of carbonyl (C=O) groups excluding carboxylic acids is 1. The van der Waals surface area contributed by atoms with Gasteiger partial charge in [0.05, 0.1) is 5.39 Å². The molecule has 0 spiro atoms. The van der Waals surface area contributed by atoms with Crippen molar-refractivity contribution in [2.45, 2.75) is 57.7 Å². The molecule has 1 fully saturated rings. The van der Waals surface area contributed by atoms with Gasteiger partial charge in [-0.05, 0) is 58.7 Å². The van der Waals surface area contributed by atoms with E-state index in [9.17, 15) is 13.2 Å². The van der Waals surface area contributed by atoms with E-state index >= 15 is 0 Å². The minimum Gasteiger partial charge on any atom is -0.474 e. The number of hydrogen-bond acceptors (Lipinski definition) is 8. The number of ether oxygens (including phenoxy) is 1. The number of hydrogen-bond donors (Lipinski definition) is 0. The van der Waals surface area contributed by atoms with Crippen molar-refractivity contribution >= 4 is 37.4 Å². The molecule has 0 unspecified atom stereocenters. The number of carbonyl (C=O) groups is 1. The van der Waals surface area contributed by atoms with E-state index in [0.29, 0.717) is 24.9 Å². The van der Waals surface area contributed by atoms with E-state index in [1.54, 1.807) is 11.3 Å². The number of sulfonamides is 1. The van der Waals surface area contributed by atoms with Crippen molar-refractivity contribution in [1.29, 1.82) is 0 Å². The normalized spacial score (nSPS) is 22.9. The molecule has 0 radical (unpaired) electrons. The minimum absolute atomic E-state index is 0.107. The summed E-state index contributed by atoms with van der Waals surface area (Å²) in [6, 6.07) is 0.587. The quantitative estimate of drug-likeness (QED) is 0.663. The summed E-state index contributed by atoms with van der Waals surface area (Å²) in [6.07, 6.45) is 6.36. The molecule has 164 valence electrons. The summed E-state index contributed by atoms with van der Waals surface area (Å²) in [7, 11) is 0.605. The lowest BCUT2D eigenvalue weighted by molar-refractivity contribution is -0.114. The fourth-order valence-corrected chi connectivity index (χ4v) is 6.89. The summed E-state index contributed by atoms with van der Waals surface area (Å²) in [5.74, 6) is -0.257. The standard InChI is InChI=1S/C20H28N4O4S2/c1-13(25)11-30(26,27)24-9-8-17-16(10-24)18-19(21-12-22-20(18)29-17)28-15-6-4-14(5-7-15)23(2)3/h12,14-15H,4-11H2,1-3H3/t14-,15-. The van der Waals surface area contributed by atoms with Crippen LogP contribution in [-0.4, -0.2) is 71.9 Å². The lowest BCUT2D eigenvalue weighted by Crippen LogP contribution is -2.38. The second-order valence-corrected chi connectivity index (χ2v) is 11.5. The molecule has 0 bridgehead atoms. The van der Waals surface area contributed by atoms with Gasteiger partial charge >= 0.3 is 0 Å². The van der Waals surface area contributed by atoms with Crippen LogP contribution in [-0.2, 0) is 27.8 Å². The van der Waals surface area contributed by atoms with Crippen LogP contribution >= 0.6 is 11.3 Å². The van der Waals surface area contributed by atoms with E-state index in [4.69, 9.17) is 4.74 Å². The van der Waals surface area contributed by atoms with Gasteiger partial charge in [0, 0.05) is 24.0 Å². The van der Waals surface area contributed by atoms with Crippen molar-refractivity contribution in [2.75, 3.05) is 26.4 Å². The molecule has 0 saturated heterocycles. The van der Waals surface area contributed by atoms with Gasteiger partial charge < -0.3 is 9.64 Å². The molecule has 0 atom stereocenters. The lowest BCUT2D eigenvalue weighted by Gasteiger charge is -2.32. The Bertz CT molecular complexity index is 1040. The van der Waals surface area contributed by atoms with E-state index in [1.165, 1.54) is 17.6 Å². The molecule has 0 aromatic carbocycles. The summed E-state index contributed by atoms with van der Waals surface area (Å²) in [6.45, 7) is 1.92. The molecular formula is C20H28N4O4S2. The van der Waals surface area contributed by atoms with Gasteiger partial charge in [0.25, 0.3) is 0 Å². The summed E-state index contributed by atoms with van der Waals surface area (Å²) < 4.78 is 32.9. The Labute approximate surface area is 181 Å². The molecule has 1 aliphatic carbocycles. The molecule has 2 aromatic heterocycles. The smallest absolute Gasteiger partial charge is 0.225 e. The first-order valence-electron chi connectivity index (χ1n) is 10.3.